The van der Waals surface area contributed by atoms with Gasteiger partial charge in [-0.25, -0.2) is 9.59 Å². The Labute approximate surface area is 215 Å². The van der Waals surface area contributed by atoms with Crippen molar-refractivity contribution in [3.05, 3.63) is 64.7 Å². The number of rotatable bonds is 8. The third kappa shape index (κ3) is 8.30. The molecule has 2 aromatic rings. The summed E-state index contributed by atoms with van der Waals surface area (Å²) in [6.07, 6.45) is -4.36. The van der Waals surface area contributed by atoms with Crippen LogP contribution in [0.5, 0.6) is 0 Å². The van der Waals surface area contributed by atoms with Gasteiger partial charge in [-0.05, 0) is 35.2 Å². The molecule has 5 amide bonds. The van der Waals surface area contributed by atoms with Gasteiger partial charge >= 0.3 is 18.2 Å². The number of aryl methyl sites for hydroxylation is 1. The lowest BCUT2D eigenvalue weighted by Crippen LogP contribution is -2.31. The van der Waals surface area contributed by atoms with Crippen LogP contribution in [0.25, 0.3) is 0 Å². The first kappa shape index (κ1) is 29.8. The number of hydrogen-bond acceptors (Lipinski definition) is 6. The Morgan fingerprint density at radius 1 is 1.08 bits per heavy atom. The summed E-state index contributed by atoms with van der Waals surface area (Å²) < 4.78 is 31.7. The lowest BCUT2D eigenvalue weighted by molar-refractivity contribution is -0.192. The van der Waals surface area contributed by atoms with Gasteiger partial charge in [-0.1, -0.05) is 30.3 Å². The topological polar surface area (TPSA) is 176 Å². The van der Waals surface area contributed by atoms with Crippen molar-refractivity contribution < 1.29 is 42.3 Å². The highest BCUT2D eigenvalue weighted by molar-refractivity contribution is 6.02. The van der Waals surface area contributed by atoms with Gasteiger partial charge in [0.1, 0.15) is 6.54 Å². The van der Waals surface area contributed by atoms with Crippen molar-refractivity contribution >= 4 is 35.4 Å². The van der Waals surface area contributed by atoms with Gasteiger partial charge in [0.25, 0.3) is 5.91 Å². The predicted molar refractivity (Wildman–Crippen MR) is 129 cm³/mol. The summed E-state index contributed by atoms with van der Waals surface area (Å²) in [6.45, 7) is 0.406. The Balaban J connectivity index is 0.000000638. The first-order chi connectivity index (χ1) is 17.7. The van der Waals surface area contributed by atoms with E-state index in [1.807, 2.05) is 24.3 Å². The number of nitrogens with two attached hydrogens (primary N) is 2. The van der Waals surface area contributed by atoms with Crippen molar-refractivity contribution in [2.24, 2.45) is 11.5 Å². The minimum atomic E-state index is -5.08. The number of carbonyl (C=O) groups is 5. The van der Waals surface area contributed by atoms with E-state index in [2.05, 4.69) is 5.32 Å². The van der Waals surface area contributed by atoms with E-state index in [4.69, 9.17) is 21.4 Å². The summed E-state index contributed by atoms with van der Waals surface area (Å²) >= 11 is 0. The van der Waals surface area contributed by atoms with Crippen LogP contribution in [-0.4, -0.2) is 64.4 Å². The van der Waals surface area contributed by atoms with Crippen LogP contribution in [0.15, 0.2) is 42.5 Å². The first-order valence-electron chi connectivity index (χ1n) is 11.1. The number of urea groups is 1. The zero-order valence-electron chi connectivity index (χ0n) is 20.2. The maximum Gasteiger partial charge on any atom is 0.490 e. The number of alkyl halides is 3. The van der Waals surface area contributed by atoms with Crippen molar-refractivity contribution in [2.45, 2.75) is 32.1 Å². The number of imide groups is 1. The van der Waals surface area contributed by atoms with Crippen LogP contribution in [0, 0.1) is 0 Å². The normalized spacial score (nSPS) is 13.2. The molecule has 3 rings (SSSR count). The summed E-state index contributed by atoms with van der Waals surface area (Å²) in [5.74, 6) is -4.00. The average molecular weight is 537 g/mol. The van der Waals surface area contributed by atoms with Crippen LogP contribution < -0.4 is 16.8 Å². The highest BCUT2D eigenvalue weighted by Crippen LogP contribution is 2.23. The number of carboxylic acids is 1. The van der Waals surface area contributed by atoms with Gasteiger partial charge in [0, 0.05) is 31.3 Å². The molecular weight excluding hydrogens is 511 g/mol. The van der Waals surface area contributed by atoms with Gasteiger partial charge in [0.05, 0.1) is 6.54 Å². The molecular formula is C24H26F3N5O6. The second kappa shape index (κ2) is 12.7. The fraction of sp³-hybridized carbons (Fsp3) is 0.292. The van der Waals surface area contributed by atoms with Crippen LogP contribution in [-0.2, 0) is 33.9 Å². The Morgan fingerprint density at radius 3 is 2.24 bits per heavy atom. The van der Waals surface area contributed by atoms with E-state index >= 15 is 0 Å². The lowest BCUT2D eigenvalue weighted by atomic mass is 10.1. The molecule has 11 nitrogen and oxygen atoms in total. The third-order valence-electron chi connectivity index (χ3n) is 5.34. The number of halogens is 3. The highest BCUT2D eigenvalue weighted by atomic mass is 19.4. The van der Waals surface area contributed by atoms with Gasteiger partial charge in [-0.3, -0.25) is 19.3 Å². The van der Waals surface area contributed by atoms with Crippen LogP contribution in [0.4, 0.5) is 23.7 Å². The number of carbonyl (C=O) groups excluding carboxylic acids is 4. The van der Waals surface area contributed by atoms with E-state index in [-0.39, 0.29) is 36.9 Å². The van der Waals surface area contributed by atoms with Crippen molar-refractivity contribution in [3.8, 4) is 0 Å². The molecule has 0 radical (unpaired) electrons. The fourth-order valence-electron chi connectivity index (χ4n) is 3.36. The Kier molecular flexibility index (Phi) is 9.93. The molecule has 0 aliphatic carbocycles. The molecule has 38 heavy (non-hydrogen) atoms. The highest BCUT2D eigenvalue weighted by Gasteiger charge is 2.38. The molecule has 1 saturated heterocycles. The number of likely N-dealkylation sites (N-methyl/N-ethyl adjacent to an activating group) is 1. The number of carboxylic acid groups (broad SMARTS) is 1. The van der Waals surface area contributed by atoms with Crippen LogP contribution >= 0.6 is 0 Å². The minimum absolute atomic E-state index is 0.00175. The number of benzene rings is 2. The first-order valence-corrected chi connectivity index (χ1v) is 11.1. The van der Waals surface area contributed by atoms with Crippen LogP contribution in [0.1, 0.15) is 33.5 Å². The van der Waals surface area contributed by atoms with Crippen LogP contribution in [0.3, 0.4) is 0 Å². The van der Waals surface area contributed by atoms with Gasteiger partial charge in [0.2, 0.25) is 11.8 Å². The summed E-state index contributed by atoms with van der Waals surface area (Å²) in [7, 11) is 1.54. The average Bonchev–Trinajstić information content (AvgIpc) is 3.09. The minimum Gasteiger partial charge on any atom is -0.475 e. The quantitative estimate of drug-likeness (QED) is 0.371. The van der Waals surface area contributed by atoms with E-state index in [1.54, 1.807) is 13.1 Å². The van der Waals surface area contributed by atoms with E-state index < -0.39 is 24.1 Å². The van der Waals surface area contributed by atoms with Gasteiger partial charge in [-0.2, -0.15) is 13.2 Å². The molecule has 0 bridgehead atoms. The molecule has 14 heteroatoms. The zero-order chi connectivity index (χ0) is 28.6. The molecule has 6 N–H and O–H groups in total. The van der Waals surface area contributed by atoms with Gasteiger partial charge < -0.3 is 26.8 Å². The summed E-state index contributed by atoms with van der Waals surface area (Å²) in [6, 6.07) is 11.8. The second-order valence-electron chi connectivity index (χ2n) is 8.23. The second-order valence-corrected chi connectivity index (χ2v) is 8.23. The molecule has 1 aliphatic rings. The standard InChI is InChI=1S/C22H25N5O4.C2HF3O2/c1-26-13-20(29)27(22(26)31)12-17-7-6-16(21(24)30)10-18(17)25-19(28)8-5-14-3-2-4-15(9-14)11-23;3-2(4,5)1(6)7/h2-4,6-7,9-10H,5,8,11-13,23H2,1H3,(H2,24,30)(H,25,28);(H,6,7). The Hall–Kier alpha value is -4.46. The summed E-state index contributed by atoms with van der Waals surface area (Å²) in [4.78, 5) is 59.8. The molecule has 0 spiro atoms. The molecule has 1 aliphatic heterocycles. The van der Waals surface area contributed by atoms with Crippen molar-refractivity contribution in [1.82, 2.24) is 9.80 Å². The van der Waals surface area contributed by atoms with E-state index in [0.29, 0.717) is 24.2 Å². The van der Waals surface area contributed by atoms with Gasteiger partial charge in [-0.15, -0.1) is 0 Å². The molecule has 0 atom stereocenters. The largest absolute Gasteiger partial charge is 0.490 e. The number of aliphatic carboxylic acids is 1. The zero-order valence-corrected chi connectivity index (χ0v) is 20.2. The Bertz CT molecular complexity index is 1230. The summed E-state index contributed by atoms with van der Waals surface area (Å²) in [5, 5.41) is 9.91. The number of hydrogen-bond donors (Lipinski definition) is 4. The predicted octanol–water partition coefficient (Wildman–Crippen LogP) is 1.84. The molecule has 0 aromatic heterocycles. The van der Waals surface area contributed by atoms with E-state index in [9.17, 15) is 32.3 Å². The molecule has 0 saturated carbocycles. The number of anilines is 1. The smallest absolute Gasteiger partial charge is 0.475 e. The Morgan fingerprint density at radius 2 is 1.71 bits per heavy atom. The molecule has 0 unspecified atom stereocenters. The summed E-state index contributed by atoms with van der Waals surface area (Å²) in [5.41, 5.74) is 14.1. The lowest BCUT2D eigenvalue weighted by Gasteiger charge is -2.18. The maximum atomic E-state index is 12.6. The van der Waals surface area contributed by atoms with E-state index in [1.165, 1.54) is 17.0 Å². The number of nitrogens with zero attached hydrogens (tertiary/aromatic N) is 2. The van der Waals surface area contributed by atoms with Crippen molar-refractivity contribution in [3.63, 3.8) is 0 Å². The van der Waals surface area contributed by atoms with Crippen LogP contribution in [0.2, 0.25) is 0 Å². The number of amides is 5. The molecule has 1 fully saturated rings. The number of nitrogens with one attached hydrogen (secondary N) is 1. The molecule has 1 heterocycles. The third-order valence-corrected chi connectivity index (χ3v) is 5.34. The molecule has 204 valence electrons. The van der Waals surface area contributed by atoms with Gasteiger partial charge in [0.15, 0.2) is 0 Å². The number of primary amides is 1. The fourth-order valence-corrected chi connectivity index (χ4v) is 3.36. The van der Waals surface area contributed by atoms with Crippen molar-refractivity contribution in [2.75, 3.05) is 18.9 Å². The maximum absolute atomic E-state index is 12.6. The van der Waals surface area contributed by atoms with E-state index in [0.717, 1.165) is 16.0 Å². The monoisotopic (exact) mass is 537 g/mol. The SMILES string of the molecule is CN1CC(=O)N(Cc2ccc(C(N)=O)cc2NC(=O)CCc2cccc(CN)c2)C1=O.O=C(O)C(F)(F)F. The van der Waals surface area contributed by atoms with Crippen molar-refractivity contribution in [1.29, 1.82) is 0 Å². The molecule has 2 aromatic carbocycles.